The summed E-state index contributed by atoms with van der Waals surface area (Å²) in [7, 11) is 0. The molecule has 1 saturated carbocycles. The highest BCUT2D eigenvalue weighted by Gasteiger charge is 2.18. The summed E-state index contributed by atoms with van der Waals surface area (Å²) < 4.78 is 0. The predicted octanol–water partition coefficient (Wildman–Crippen LogP) is 3.37. The average Bonchev–Trinajstić information content (AvgIpc) is 1.99. The van der Waals surface area contributed by atoms with Gasteiger partial charge in [-0.05, 0) is 51.1 Å². The van der Waals surface area contributed by atoms with Crippen LogP contribution in [0.25, 0.3) is 0 Å². The zero-order valence-electron chi connectivity index (χ0n) is 9.97. The molecule has 0 unspecified atom stereocenters. The first-order valence-corrected chi connectivity index (χ1v) is 6.07. The molecular formula is C13H25N. The lowest BCUT2D eigenvalue weighted by Crippen LogP contribution is -2.20. The minimum absolute atomic E-state index is 0.770. The van der Waals surface area contributed by atoms with Crippen LogP contribution in [0.1, 0.15) is 46.5 Å². The van der Waals surface area contributed by atoms with Crippen molar-refractivity contribution in [1.82, 2.24) is 5.32 Å². The maximum absolute atomic E-state index is 3.47. The van der Waals surface area contributed by atoms with E-state index in [1.807, 2.05) is 0 Å². The molecule has 1 fully saturated rings. The summed E-state index contributed by atoms with van der Waals surface area (Å²) in [6, 6.07) is 0. The van der Waals surface area contributed by atoms with E-state index in [2.05, 4.69) is 32.2 Å². The van der Waals surface area contributed by atoms with Gasteiger partial charge in [-0.25, -0.2) is 0 Å². The predicted molar refractivity (Wildman–Crippen MR) is 63.4 cm³/mol. The Bertz CT molecular complexity index is 178. The van der Waals surface area contributed by atoms with Crippen molar-refractivity contribution in [2.75, 3.05) is 13.1 Å². The number of nitrogens with one attached hydrogen (secondary N) is 1. The third-order valence-electron chi connectivity index (χ3n) is 3.09. The van der Waals surface area contributed by atoms with Gasteiger partial charge in [0, 0.05) is 0 Å². The molecule has 1 aliphatic carbocycles. The number of hydrogen-bond donors (Lipinski definition) is 1. The largest absolute Gasteiger partial charge is 0.316 e. The summed E-state index contributed by atoms with van der Waals surface area (Å²) in [4.78, 5) is 0. The van der Waals surface area contributed by atoms with Crippen LogP contribution in [0.2, 0.25) is 0 Å². The molecule has 1 N–H and O–H groups in total. The van der Waals surface area contributed by atoms with Crippen molar-refractivity contribution >= 4 is 0 Å². The molecule has 0 radical (unpaired) electrons. The first-order valence-electron chi connectivity index (χ1n) is 6.07. The van der Waals surface area contributed by atoms with Crippen LogP contribution in [-0.4, -0.2) is 13.1 Å². The third kappa shape index (κ3) is 4.28. The fourth-order valence-electron chi connectivity index (χ4n) is 1.82. The number of rotatable bonds is 6. The molecule has 0 aromatic carbocycles. The van der Waals surface area contributed by atoms with Crippen molar-refractivity contribution in [2.24, 2.45) is 11.8 Å². The quantitative estimate of drug-likeness (QED) is 0.506. The van der Waals surface area contributed by atoms with E-state index in [0.29, 0.717) is 0 Å². The summed E-state index contributed by atoms with van der Waals surface area (Å²) in [5, 5.41) is 3.47. The van der Waals surface area contributed by atoms with E-state index in [1.165, 1.54) is 25.7 Å². The Morgan fingerprint density at radius 2 is 2.14 bits per heavy atom. The summed E-state index contributed by atoms with van der Waals surface area (Å²) >= 11 is 0. The first-order chi connectivity index (χ1) is 6.70. The van der Waals surface area contributed by atoms with Gasteiger partial charge in [0.05, 0.1) is 0 Å². The molecule has 1 aliphatic rings. The van der Waals surface area contributed by atoms with Gasteiger partial charge in [-0.3, -0.25) is 0 Å². The lowest BCUT2D eigenvalue weighted by atomic mass is 9.80. The maximum atomic E-state index is 3.47. The highest BCUT2D eigenvalue weighted by Crippen LogP contribution is 2.32. The Kier molecular flexibility index (Phi) is 5.24. The standard InChI is InChI=1S/C13H25N/c1-11(2)10-14-9-5-6-12(3)13-7-4-8-13/h6,11,13-14H,4-5,7-10H2,1-3H3/b12-6-. The lowest BCUT2D eigenvalue weighted by Gasteiger charge is -2.26. The molecule has 0 spiro atoms. The molecule has 0 atom stereocenters. The average molecular weight is 195 g/mol. The van der Waals surface area contributed by atoms with Gasteiger partial charge in [-0.1, -0.05) is 31.9 Å². The van der Waals surface area contributed by atoms with Gasteiger partial charge in [-0.2, -0.15) is 0 Å². The van der Waals surface area contributed by atoms with Crippen molar-refractivity contribution in [2.45, 2.75) is 46.5 Å². The van der Waals surface area contributed by atoms with Crippen molar-refractivity contribution in [3.63, 3.8) is 0 Å². The van der Waals surface area contributed by atoms with Crippen molar-refractivity contribution in [3.8, 4) is 0 Å². The molecule has 0 aromatic rings. The van der Waals surface area contributed by atoms with E-state index >= 15 is 0 Å². The number of hydrogen-bond acceptors (Lipinski definition) is 1. The van der Waals surface area contributed by atoms with E-state index in [0.717, 1.165) is 24.9 Å². The highest BCUT2D eigenvalue weighted by atomic mass is 14.8. The van der Waals surface area contributed by atoms with Crippen LogP contribution in [0.5, 0.6) is 0 Å². The fraction of sp³-hybridized carbons (Fsp3) is 0.846. The molecule has 0 amide bonds. The Labute approximate surface area is 89.0 Å². The number of allylic oxidation sites excluding steroid dienone is 1. The summed E-state index contributed by atoms with van der Waals surface area (Å²) in [6.45, 7) is 9.09. The minimum Gasteiger partial charge on any atom is -0.316 e. The normalized spacial score (nSPS) is 18.7. The van der Waals surface area contributed by atoms with Crippen LogP contribution in [0.15, 0.2) is 11.6 Å². The maximum Gasteiger partial charge on any atom is -0.00141 e. The van der Waals surface area contributed by atoms with E-state index in [9.17, 15) is 0 Å². The summed E-state index contributed by atoms with van der Waals surface area (Å²) in [5.41, 5.74) is 1.63. The van der Waals surface area contributed by atoms with Gasteiger partial charge < -0.3 is 5.32 Å². The Balaban J connectivity index is 2.01. The third-order valence-corrected chi connectivity index (χ3v) is 3.09. The molecule has 0 bridgehead atoms. The summed E-state index contributed by atoms with van der Waals surface area (Å²) in [6.07, 6.45) is 7.94. The zero-order valence-corrected chi connectivity index (χ0v) is 9.97. The van der Waals surface area contributed by atoms with Gasteiger partial charge in [0.15, 0.2) is 0 Å². The Morgan fingerprint density at radius 3 is 2.64 bits per heavy atom. The monoisotopic (exact) mass is 195 g/mol. The molecule has 0 aliphatic heterocycles. The van der Waals surface area contributed by atoms with Crippen LogP contribution in [0, 0.1) is 11.8 Å². The van der Waals surface area contributed by atoms with E-state index in [1.54, 1.807) is 5.57 Å². The van der Waals surface area contributed by atoms with Crippen molar-refractivity contribution in [3.05, 3.63) is 11.6 Å². The van der Waals surface area contributed by atoms with Crippen LogP contribution >= 0.6 is 0 Å². The molecule has 82 valence electrons. The van der Waals surface area contributed by atoms with Crippen LogP contribution in [0.3, 0.4) is 0 Å². The molecule has 1 rings (SSSR count). The molecule has 0 heterocycles. The Hall–Kier alpha value is -0.300. The van der Waals surface area contributed by atoms with Crippen LogP contribution in [0.4, 0.5) is 0 Å². The van der Waals surface area contributed by atoms with Gasteiger partial charge in [0.25, 0.3) is 0 Å². The molecule has 1 nitrogen and oxygen atoms in total. The second kappa shape index (κ2) is 6.23. The van der Waals surface area contributed by atoms with Crippen molar-refractivity contribution < 1.29 is 0 Å². The van der Waals surface area contributed by atoms with Crippen LogP contribution in [-0.2, 0) is 0 Å². The molecular weight excluding hydrogens is 170 g/mol. The second-order valence-electron chi connectivity index (χ2n) is 4.96. The van der Waals surface area contributed by atoms with Gasteiger partial charge in [0.2, 0.25) is 0 Å². The molecule has 14 heavy (non-hydrogen) atoms. The molecule has 1 heteroatoms. The second-order valence-corrected chi connectivity index (χ2v) is 4.96. The first kappa shape index (κ1) is 11.8. The molecule has 0 saturated heterocycles. The van der Waals surface area contributed by atoms with Crippen LogP contribution < -0.4 is 5.32 Å². The van der Waals surface area contributed by atoms with Crippen molar-refractivity contribution in [1.29, 1.82) is 0 Å². The zero-order chi connectivity index (χ0) is 10.4. The smallest absolute Gasteiger partial charge is 0.00141 e. The summed E-state index contributed by atoms with van der Waals surface area (Å²) in [5.74, 6) is 1.70. The van der Waals surface area contributed by atoms with Gasteiger partial charge >= 0.3 is 0 Å². The minimum atomic E-state index is 0.770. The molecule has 0 aromatic heterocycles. The van der Waals surface area contributed by atoms with Gasteiger partial charge in [0.1, 0.15) is 0 Å². The van der Waals surface area contributed by atoms with E-state index in [-0.39, 0.29) is 0 Å². The Morgan fingerprint density at radius 1 is 1.43 bits per heavy atom. The fourth-order valence-corrected chi connectivity index (χ4v) is 1.82. The topological polar surface area (TPSA) is 12.0 Å². The lowest BCUT2D eigenvalue weighted by molar-refractivity contribution is 0.367. The SMILES string of the molecule is C/C(=C/CCNCC(C)C)C1CCC1. The van der Waals surface area contributed by atoms with E-state index < -0.39 is 0 Å². The highest BCUT2D eigenvalue weighted by molar-refractivity contribution is 5.06. The van der Waals surface area contributed by atoms with E-state index in [4.69, 9.17) is 0 Å². The van der Waals surface area contributed by atoms with Gasteiger partial charge in [-0.15, -0.1) is 0 Å².